The third kappa shape index (κ3) is 5.33. The highest BCUT2D eigenvalue weighted by Crippen LogP contribution is 2.27. The third-order valence-corrected chi connectivity index (χ3v) is 6.22. The van der Waals surface area contributed by atoms with Crippen molar-refractivity contribution in [1.82, 2.24) is 9.80 Å². The number of hydrogen-bond acceptors (Lipinski definition) is 4. The highest BCUT2D eigenvalue weighted by molar-refractivity contribution is 5.86. The molecule has 0 spiro atoms. The van der Waals surface area contributed by atoms with Crippen molar-refractivity contribution in [3.63, 3.8) is 0 Å². The number of rotatable bonds is 4. The first-order valence-electron chi connectivity index (χ1n) is 10.0. The lowest BCUT2D eigenvalue weighted by molar-refractivity contribution is -0.145. The van der Waals surface area contributed by atoms with Gasteiger partial charge in [-0.1, -0.05) is 32.1 Å². The van der Waals surface area contributed by atoms with E-state index in [0.29, 0.717) is 58.7 Å². The minimum atomic E-state index is -0.772. The molecule has 26 heavy (non-hydrogen) atoms. The lowest BCUT2D eigenvalue weighted by atomic mass is 9.86. The van der Waals surface area contributed by atoms with E-state index in [1.807, 2.05) is 9.80 Å². The lowest BCUT2D eigenvalue weighted by Gasteiger charge is -2.41. The van der Waals surface area contributed by atoms with Crippen molar-refractivity contribution in [2.75, 3.05) is 39.4 Å². The van der Waals surface area contributed by atoms with Gasteiger partial charge in [0.2, 0.25) is 11.8 Å². The number of carbonyl (C=O) groups excluding carboxylic acids is 2. The Balaban J connectivity index is 0.00000243. The van der Waals surface area contributed by atoms with Gasteiger partial charge in [0.15, 0.2) is 0 Å². The summed E-state index contributed by atoms with van der Waals surface area (Å²) in [6.45, 7) is 3.61. The Morgan fingerprint density at radius 2 is 1.54 bits per heavy atom. The van der Waals surface area contributed by atoms with Crippen molar-refractivity contribution in [1.29, 1.82) is 0 Å². The highest BCUT2D eigenvalue weighted by Gasteiger charge is 2.40. The molecule has 2 heterocycles. The molecule has 3 rings (SSSR count). The van der Waals surface area contributed by atoms with E-state index in [-0.39, 0.29) is 24.2 Å². The number of halogens is 1. The van der Waals surface area contributed by atoms with Crippen LogP contribution in [0.1, 0.15) is 57.8 Å². The Morgan fingerprint density at radius 3 is 2.15 bits per heavy atom. The fourth-order valence-electron chi connectivity index (χ4n) is 4.38. The van der Waals surface area contributed by atoms with Crippen molar-refractivity contribution in [3.8, 4) is 0 Å². The van der Waals surface area contributed by atoms with Gasteiger partial charge in [-0.2, -0.15) is 0 Å². The molecular weight excluding hydrogens is 354 g/mol. The predicted molar refractivity (Wildman–Crippen MR) is 103 cm³/mol. The molecular formula is C19H34ClN3O3. The van der Waals surface area contributed by atoms with Crippen molar-refractivity contribution in [2.24, 2.45) is 11.7 Å². The zero-order chi connectivity index (χ0) is 17.7. The van der Waals surface area contributed by atoms with E-state index in [4.69, 9.17) is 10.5 Å². The number of carbonyl (C=O) groups is 2. The Hall–Kier alpha value is -0.850. The van der Waals surface area contributed by atoms with Crippen LogP contribution in [0.15, 0.2) is 0 Å². The molecule has 3 aliphatic rings. The van der Waals surface area contributed by atoms with Crippen LogP contribution in [0, 0.1) is 5.92 Å². The summed E-state index contributed by atoms with van der Waals surface area (Å²) in [5.74, 6) is 1.03. The summed E-state index contributed by atoms with van der Waals surface area (Å²) in [7, 11) is 0. The molecule has 0 aromatic carbocycles. The molecule has 1 saturated carbocycles. The molecule has 1 aliphatic carbocycles. The molecule has 0 radical (unpaired) electrons. The topological polar surface area (TPSA) is 75.9 Å². The lowest BCUT2D eigenvalue weighted by Crippen LogP contribution is -2.61. The average Bonchev–Trinajstić information content (AvgIpc) is 2.67. The van der Waals surface area contributed by atoms with Crippen molar-refractivity contribution in [2.45, 2.75) is 63.3 Å². The molecule has 0 aromatic heterocycles. The quantitative estimate of drug-likeness (QED) is 0.799. The van der Waals surface area contributed by atoms with E-state index in [1.54, 1.807) is 0 Å². The number of piperazine rings is 1. The van der Waals surface area contributed by atoms with E-state index < -0.39 is 5.54 Å². The number of nitrogens with zero attached hydrogens (tertiary/aromatic N) is 2. The van der Waals surface area contributed by atoms with Gasteiger partial charge in [-0.15, -0.1) is 12.4 Å². The molecule has 3 fully saturated rings. The molecule has 0 unspecified atom stereocenters. The van der Waals surface area contributed by atoms with Crippen LogP contribution < -0.4 is 5.73 Å². The maximum absolute atomic E-state index is 12.7. The second-order valence-electron chi connectivity index (χ2n) is 7.98. The first kappa shape index (κ1) is 21.5. The summed E-state index contributed by atoms with van der Waals surface area (Å²) >= 11 is 0. The molecule has 0 aromatic rings. The normalized spacial score (nSPS) is 24.0. The second-order valence-corrected chi connectivity index (χ2v) is 7.98. The van der Waals surface area contributed by atoms with Crippen LogP contribution in [0.5, 0.6) is 0 Å². The summed E-state index contributed by atoms with van der Waals surface area (Å²) in [6.07, 6.45) is 9.46. The van der Waals surface area contributed by atoms with Gasteiger partial charge in [0.25, 0.3) is 0 Å². The molecule has 7 heteroatoms. The van der Waals surface area contributed by atoms with Crippen LogP contribution in [-0.4, -0.2) is 66.5 Å². The van der Waals surface area contributed by atoms with Crippen LogP contribution in [0.4, 0.5) is 0 Å². The van der Waals surface area contributed by atoms with Crippen LogP contribution in [0.3, 0.4) is 0 Å². The summed E-state index contributed by atoms with van der Waals surface area (Å²) in [4.78, 5) is 29.0. The van der Waals surface area contributed by atoms with Crippen LogP contribution in [0.2, 0.25) is 0 Å². The van der Waals surface area contributed by atoms with Gasteiger partial charge in [-0.3, -0.25) is 9.59 Å². The zero-order valence-electron chi connectivity index (χ0n) is 15.8. The molecule has 2 saturated heterocycles. The zero-order valence-corrected chi connectivity index (χ0v) is 16.6. The van der Waals surface area contributed by atoms with Crippen LogP contribution in [-0.2, 0) is 14.3 Å². The fraction of sp³-hybridized carbons (Fsp3) is 0.895. The van der Waals surface area contributed by atoms with Gasteiger partial charge >= 0.3 is 0 Å². The summed E-state index contributed by atoms with van der Waals surface area (Å²) in [5, 5.41) is 0. The molecule has 0 bridgehead atoms. The van der Waals surface area contributed by atoms with E-state index in [2.05, 4.69) is 0 Å². The maximum atomic E-state index is 12.7. The van der Waals surface area contributed by atoms with Crippen molar-refractivity contribution in [3.05, 3.63) is 0 Å². The monoisotopic (exact) mass is 387 g/mol. The van der Waals surface area contributed by atoms with E-state index >= 15 is 0 Å². The fourth-order valence-corrected chi connectivity index (χ4v) is 4.38. The number of hydrogen-bond donors (Lipinski definition) is 1. The van der Waals surface area contributed by atoms with E-state index in [1.165, 1.54) is 32.1 Å². The van der Waals surface area contributed by atoms with Gasteiger partial charge in [-0.05, 0) is 25.2 Å². The van der Waals surface area contributed by atoms with Crippen LogP contribution in [0.25, 0.3) is 0 Å². The molecule has 6 nitrogen and oxygen atoms in total. The van der Waals surface area contributed by atoms with Crippen molar-refractivity contribution < 1.29 is 14.3 Å². The number of amides is 2. The van der Waals surface area contributed by atoms with Gasteiger partial charge < -0.3 is 20.3 Å². The standard InChI is InChI=1S/C19H33N3O3.ClH/c20-19(8-14-25-15-9-19)18(24)22-12-10-21(11-13-22)17(23)7-6-16-4-2-1-3-5-16;/h16H,1-15,20H2;1H. The summed E-state index contributed by atoms with van der Waals surface area (Å²) in [5.41, 5.74) is 5.53. The van der Waals surface area contributed by atoms with Crippen molar-refractivity contribution >= 4 is 24.2 Å². The van der Waals surface area contributed by atoms with E-state index in [0.717, 1.165) is 12.3 Å². The number of ether oxygens (including phenoxy) is 1. The average molecular weight is 388 g/mol. The summed E-state index contributed by atoms with van der Waals surface area (Å²) < 4.78 is 5.32. The van der Waals surface area contributed by atoms with E-state index in [9.17, 15) is 9.59 Å². The smallest absolute Gasteiger partial charge is 0.242 e. The Labute approximate surface area is 163 Å². The molecule has 2 amide bonds. The molecule has 150 valence electrons. The first-order valence-corrected chi connectivity index (χ1v) is 10.0. The number of nitrogens with two attached hydrogens (primary N) is 1. The summed E-state index contributed by atoms with van der Waals surface area (Å²) in [6, 6.07) is 0. The second kappa shape index (κ2) is 9.90. The SMILES string of the molecule is Cl.NC1(C(=O)N2CCN(C(=O)CCC3CCCCC3)CC2)CCOCC1. The largest absolute Gasteiger partial charge is 0.381 e. The minimum Gasteiger partial charge on any atom is -0.381 e. The van der Waals surface area contributed by atoms with Gasteiger partial charge in [0, 0.05) is 45.8 Å². The molecule has 2 aliphatic heterocycles. The molecule has 0 atom stereocenters. The van der Waals surface area contributed by atoms with Gasteiger partial charge in [0.05, 0.1) is 5.54 Å². The maximum Gasteiger partial charge on any atom is 0.242 e. The molecule has 2 N–H and O–H groups in total. The third-order valence-electron chi connectivity index (χ3n) is 6.22. The first-order chi connectivity index (χ1) is 12.1. The predicted octanol–water partition coefficient (Wildman–Crippen LogP) is 1.95. The highest BCUT2D eigenvalue weighted by atomic mass is 35.5. The van der Waals surface area contributed by atoms with Crippen LogP contribution >= 0.6 is 12.4 Å². The minimum absolute atomic E-state index is 0. The van der Waals surface area contributed by atoms with Gasteiger partial charge in [-0.25, -0.2) is 0 Å². The Morgan fingerprint density at radius 1 is 0.962 bits per heavy atom. The Kier molecular flexibility index (Phi) is 8.17. The van der Waals surface area contributed by atoms with Gasteiger partial charge in [0.1, 0.15) is 0 Å². The Bertz CT molecular complexity index is 469.